The molecule has 1 atom stereocenters. The zero-order valence-electron chi connectivity index (χ0n) is 11.0. The quantitative estimate of drug-likeness (QED) is 0.905. The van der Waals surface area contributed by atoms with Crippen molar-refractivity contribution in [2.75, 3.05) is 17.7 Å². The van der Waals surface area contributed by atoms with Crippen LogP contribution in [0.4, 0.5) is 5.69 Å². The van der Waals surface area contributed by atoms with Crippen LogP contribution in [0.1, 0.15) is 18.9 Å². The molecule has 1 aromatic rings. The van der Waals surface area contributed by atoms with Gasteiger partial charge in [-0.1, -0.05) is 13.0 Å². The van der Waals surface area contributed by atoms with Crippen LogP contribution in [0.25, 0.3) is 0 Å². The van der Waals surface area contributed by atoms with Gasteiger partial charge in [-0.3, -0.25) is 4.79 Å². The molecule has 1 aliphatic heterocycles. The SMILES string of the molecule is CCc1ccc2c(c1)S(=O)(=O)CC(CC(=O)O)N2C. The third kappa shape index (κ3) is 2.58. The van der Waals surface area contributed by atoms with E-state index in [-0.39, 0.29) is 12.2 Å². The molecule has 0 amide bonds. The van der Waals surface area contributed by atoms with Gasteiger partial charge in [0.25, 0.3) is 0 Å². The molecule has 1 aromatic carbocycles. The summed E-state index contributed by atoms with van der Waals surface area (Å²) >= 11 is 0. The van der Waals surface area contributed by atoms with Gasteiger partial charge in [-0.2, -0.15) is 0 Å². The van der Waals surface area contributed by atoms with E-state index in [2.05, 4.69) is 0 Å². The Bertz CT molecular complexity index is 609. The number of hydrogen-bond acceptors (Lipinski definition) is 4. The fourth-order valence-corrected chi connectivity index (χ4v) is 4.26. The van der Waals surface area contributed by atoms with E-state index in [1.807, 2.05) is 13.0 Å². The van der Waals surface area contributed by atoms with Gasteiger partial charge in [0, 0.05) is 7.05 Å². The number of fused-ring (bicyclic) bond motifs is 1. The standard InChI is InChI=1S/C13H17NO4S/c1-3-9-4-5-11-12(6-9)19(17,18)8-10(14(11)2)7-13(15)16/h4-6,10H,3,7-8H2,1-2H3,(H,15,16). The van der Waals surface area contributed by atoms with E-state index in [0.717, 1.165) is 12.0 Å². The summed E-state index contributed by atoms with van der Waals surface area (Å²) in [5, 5.41) is 8.86. The van der Waals surface area contributed by atoms with E-state index in [0.29, 0.717) is 10.6 Å². The van der Waals surface area contributed by atoms with Crippen molar-refractivity contribution in [3.05, 3.63) is 23.8 Å². The van der Waals surface area contributed by atoms with Gasteiger partial charge >= 0.3 is 5.97 Å². The van der Waals surface area contributed by atoms with Crippen molar-refractivity contribution in [3.63, 3.8) is 0 Å². The molecule has 1 aliphatic rings. The van der Waals surface area contributed by atoms with Gasteiger partial charge in [0.2, 0.25) is 0 Å². The van der Waals surface area contributed by atoms with Crippen molar-refractivity contribution in [1.29, 1.82) is 0 Å². The molecule has 1 N–H and O–H groups in total. The molecule has 0 aliphatic carbocycles. The van der Waals surface area contributed by atoms with Crippen molar-refractivity contribution in [1.82, 2.24) is 0 Å². The van der Waals surface area contributed by atoms with Crippen LogP contribution in [-0.2, 0) is 21.1 Å². The Morgan fingerprint density at radius 3 is 2.74 bits per heavy atom. The first-order valence-corrected chi connectivity index (χ1v) is 7.80. The third-order valence-electron chi connectivity index (χ3n) is 3.52. The number of nitrogens with zero attached hydrogens (tertiary/aromatic N) is 1. The molecule has 6 heteroatoms. The maximum Gasteiger partial charge on any atom is 0.305 e. The zero-order chi connectivity index (χ0) is 14.2. The number of anilines is 1. The summed E-state index contributed by atoms with van der Waals surface area (Å²) in [4.78, 5) is 12.9. The first-order valence-electron chi connectivity index (χ1n) is 6.15. The first kappa shape index (κ1) is 13.9. The molecule has 0 fully saturated rings. The monoisotopic (exact) mass is 283 g/mol. The molecule has 0 radical (unpaired) electrons. The Balaban J connectivity index is 2.50. The van der Waals surface area contributed by atoms with E-state index in [1.54, 1.807) is 24.1 Å². The predicted octanol–water partition coefficient (Wildman–Crippen LogP) is 1.32. The van der Waals surface area contributed by atoms with Crippen LogP contribution in [0.2, 0.25) is 0 Å². The molecular weight excluding hydrogens is 266 g/mol. The fourth-order valence-electron chi connectivity index (χ4n) is 2.37. The maximum atomic E-state index is 12.3. The number of hydrogen-bond donors (Lipinski definition) is 1. The summed E-state index contributed by atoms with van der Waals surface area (Å²) in [6.45, 7) is 1.97. The van der Waals surface area contributed by atoms with E-state index < -0.39 is 21.8 Å². The van der Waals surface area contributed by atoms with E-state index in [1.165, 1.54) is 0 Å². The Morgan fingerprint density at radius 1 is 1.47 bits per heavy atom. The van der Waals surface area contributed by atoms with Crippen molar-refractivity contribution < 1.29 is 18.3 Å². The highest BCUT2D eigenvalue weighted by Gasteiger charge is 2.35. The van der Waals surface area contributed by atoms with Gasteiger partial charge < -0.3 is 10.0 Å². The summed E-state index contributed by atoms with van der Waals surface area (Å²) in [7, 11) is -1.66. The molecule has 1 heterocycles. The van der Waals surface area contributed by atoms with Crippen molar-refractivity contribution in [2.24, 2.45) is 0 Å². The minimum atomic E-state index is -3.41. The number of aliphatic carboxylic acids is 1. The number of carbonyl (C=O) groups is 1. The van der Waals surface area contributed by atoms with Crippen LogP contribution in [0.5, 0.6) is 0 Å². The van der Waals surface area contributed by atoms with Crippen LogP contribution in [0.3, 0.4) is 0 Å². The van der Waals surface area contributed by atoms with Gasteiger partial charge in [-0.25, -0.2) is 8.42 Å². The van der Waals surface area contributed by atoms with Crippen molar-refractivity contribution in [3.8, 4) is 0 Å². The van der Waals surface area contributed by atoms with Gasteiger partial charge in [0.05, 0.1) is 28.8 Å². The van der Waals surface area contributed by atoms with Crippen LogP contribution in [0, 0.1) is 0 Å². The highest BCUT2D eigenvalue weighted by molar-refractivity contribution is 7.91. The minimum Gasteiger partial charge on any atom is -0.481 e. The highest BCUT2D eigenvalue weighted by Crippen LogP contribution is 2.34. The largest absolute Gasteiger partial charge is 0.481 e. The van der Waals surface area contributed by atoms with Gasteiger partial charge in [-0.15, -0.1) is 0 Å². The minimum absolute atomic E-state index is 0.143. The molecule has 2 rings (SSSR count). The van der Waals surface area contributed by atoms with Crippen LogP contribution < -0.4 is 4.90 Å². The number of benzene rings is 1. The molecule has 0 saturated heterocycles. The normalized spacial score (nSPS) is 20.9. The molecule has 19 heavy (non-hydrogen) atoms. The molecule has 0 spiro atoms. The molecule has 5 nitrogen and oxygen atoms in total. The Hall–Kier alpha value is -1.56. The van der Waals surface area contributed by atoms with E-state index >= 15 is 0 Å². The second-order valence-corrected chi connectivity index (χ2v) is 6.80. The molecule has 0 bridgehead atoms. The van der Waals surface area contributed by atoms with Crippen LogP contribution in [0.15, 0.2) is 23.1 Å². The lowest BCUT2D eigenvalue weighted by Crippen LogP contribution is -2.43. The molecule has 1 unspecified atom stereocenters. The lowest BCUT2D eigenvalue weighted by Gasteiger charge is -2.35. The van der Waals surface area contributed by atoms with Gasteiger partial charge in [0.1, 0.15) is 0 Å². The maximum absolute atomic E-state index is 12.3. The molecule has 0 saturated carbocycles. The highest BCUT2D eigenvalue weighted by atomic mass is 32.2. The molecule has 0 aromatic heterocycles. The third-order valence-corrected chi connectivity index (χ3v) is 5.34. The van der Waals surface area contributed by atoms with Crippen molar-refractivity contribution in [2.45, 2.75) is 30.7 Å². The van der Waals surface area contributed by atoms with E-state index in [4.69, 9.17) is 5.11 Å². The van der Waals surface area contributed by atoms with Crippen molar-refractivity contribution >= 4 is 21.5 Å². The average molecular weight is 283 g/mol. The van der Waals surface area contributed by atoms with Crippen LogP contribution in [-0.4, -0.2) is 38.3 Å². The number of sulfone groups is 1. The number of rotatable bonds is 3. The lowest BCUT2D eigenvalue weighted by molar-refractivity contribution is -0.137. The Kier molecular flexibility index (Phi) is 3.54. The van der Waals surface area contributed by atoms with Gasteiger partial charge in [0.15, 0.2) is 9.84 Å². The summed E-state index contributed by atoms with van der Waals surface area (Å²) in [6, 6.07) is 4.83. The number of carboxylic acid groups (broad SMARTS) is 1. The topological polar surface area (TPSA) is 74.7 Å². The average Bonchev–Trinajstić information content (AvgIpc) is 2.34. The second-order valence-electron chi connectivity index (χ2n) is 4.80. The van der Waals surface area contributed by atoms with E-state index in [9.17, 15) is 13.2 Å². The summed E-state index contributed by atoms with van der Waals surface area (Å²) in [5.74, 6) is -1.13. The Morgan fingerprint density at radius 2 is 2.16 bits per heavy atom. The first-order chi connectivity index (χ1) is 8.85. The van der Waals surface area contributed by atoms with Gasteiger partial charge in [-0.05, 0) is 24.1 Å². The second kappa shape index (κ2) is 4.85. The smallest absolute Gasteiger partial charge is 0.305 e. The molecule has 104 valence electrons. The summed E-state index contributed by atoms with van der Waals surface area (Å²) in [6.07, 6.45) is 0.593. The Labute approximate surface area is 112 Å². The van der Waals surface area contributed by atoms with Crippen LogP contribution >= 0.6 is 0 Å². The number of carboxylic acids is 1. The zero-order valence-corrected chi connectivity index (χ0v) is 11.8. The lowest BCUT2D eigenvalue weighted by atomic mass is 10.1. The summed E-state index contributed by atoms with van der Waals surface area (Å²) in [5.41, 5.74) is 1.56. The fraction of sp³-hybridized carbons (Fsp3) is 0.462. The molecular formula is C13H17NO4S. The summed E-state index contributed by atoms with van der Waals surface area (Å²) < 4.78 is 24.5. The number of aryl methyl sites for hydroxylation is 1. The predicted molar refractivity (Wildman–Crippen MR) is 72.3 cm³/mol.